The largest absolute Gasteiger partial charge is 0.379 e. The number of hydrogen-bond donors (Lipinski definition) is 0. The van der Waals surface area contributed by atoms with Crippen molar-refractivity contribution in [3.63, 3.8) is 0 Å². The van der Waals surface area contributed by atoms with Crippen LogP contribution in [0.1, 0.15) is 17.7 Å². The smallest absolute Gasteiger partial charge is 0.252 e. The number of sulfonamides is 1. The Morgan fingerprint density at radius 3 is 2.45 bits per heavy atom. The Balaban J connectivity index is 1.55. The predicted octanol–water partition coefficient (Wildman–Crippen LogP) is 1.79. The molecule has 5 nitrogen and oxygen atoms in total. The van der Waals surface area contributed by atoms with Gasteiger partial charge in [-0.15, -0.1) is 11.3 Å². The Labute approximate surface area is 136 Å². The molecule has 2 fully saturated rings. The molecule has 0 saturated carbocycles. The van der Waals surface area contributed by atoms with Crippen LogP contribution in [0.5, 0.6) is 0 Å². The minimum absolute atomic E-state index is 0.483. The second kappa shape index (κ2) is 6.97. The van der Waals surface area contributed by atoms with E-state index in [0.717, 1.165) is 50.6 Å². The third-order valence-electron chi connectivity index (χ3n) is 4.50. The zero-order valence-corrected chi connectivity index (χ0v) is 14.7. The van der Waals surface area contributed by atoms with Crippen LogP contribution in [0.15, 0.2) is 16.3 Å². The van der Waals surface area contributed by atoms with Gasteiger partial charge in [0.1, 0.15) is 4.21 Å². The molecule has 1 aromatic rings. The monoisotopic (exact) mass is 344 g/mol. The maximum Gasteiger partial charge on any atom is 0.252 e. The molecule has 2 aliphatic heterocycles. The van der Waals surface area contributed by atoms with Crippen molar-refractivity contribution < 1.29 is 13.2 Å². The molecule has 7 heteroatoms. The van der Waals surface area contributed by atoms with Crippen molar-refractivity contribution in [2.24, 2.45) is 5.92 Å². The second-order valence-corrected chi connectivity index (χ2v) is 9.58. The van der Waals surface area contributed by atoms with Crippen LogP contribution in [-0.2, 0) is 14.8 Å². The molecule has 0 bridgehead atoms. The molecule has 0 spiro atoms. The van der Waals surface area contributed by atoms with Crippen molar-refractivity contribution in [2.75, 3.05) is 45.9 Å². The summed E-state index contributed by atoms with van der Waals surface area (Å²) in [5.74, 6) is 0.606. The molecule has 0 atom stereocenters. The van der Waals surface area contributed by atoms with Crippen molar-refractivity contribution in [3.05, 3.63) is 17.0 Å². The van der Waals surface area contributed by atoms with E-state index >= 15 is 0 Å². The first-order valence-corrected chi connectivity index (χ1v) is 10.2. The number of ether oxygens (including phenoxy) is 1. The van der Waals surface area contributed by atoms with E-state index in [0.29, 0.717) is 23.2 Å². The summed E-state index contributed by atoms with van der Waals surface area (Å²) in [6.45, 7) is 7.98. The van der Waals surface area contributed by atoms with Gasteiger partial charge in [-0.3, -0.25) is 4.90 Å². The molecule has 0 unspecified atom stereocenters. The summed E-state index contributed by atoms with van der Waals surface area (Å²) in [7, 11) is -3.28. The van der Waals surface area contributed by atoms with Gasteiger partial charge >= 0.3 is 0 Å². The first-order chi connectivity index (χ1) is 10.6. The Kier molecular flexibility index (Phi) is 5.19. The quantitative estimate of drug-likeness (QED) is 0.836. The fourth-order valence-corrected chi connectivity index (χ4v) is 6.07. The highest BCUT2D eigenvalue weighted by Gasteiger charge is 2.31. The van der Waals surface area contributed by atoms with Crippen LogP contribution >= 0.6 is 11.3 Å². The van der Waals surface area contributed by atoms with Gasteiger partial charge < -0.3 is 4.74 Å². The summed E-state index contributed by atoms with van der Waals surface area (Å²) >= 11 is 1.37. The number of nitrogens with zero attached hydrogens (tertiary/aromatic N) is 2. The van der Waals surface area contributed by atoms with Crippen molar-refractivity contribution >= 4 is 21.4 Å². The fourth-order valence-electron chi connectivity index (χ4n) is 3.16. The molecule has 3 heterocycles. The maximum atomic E-state index is 12.6. The van der Waals surface area contributed by atoms with Crippen LogP contribution in [0.25, 0.3) is 0 Å². The summed E-state index contributed by atoms with van der Waals surface area (Å²) in [6.07, 6.45) is 1.92. The molecule has 0 N–H and O–H groups in total. The standard InChI is InChI=1S/C15H24N2O3S2/c1-13-2-3-15(21-13)22(18,19)17-6-4-14(5-7-17)12-16-8-10-20-11-9-16/h2-3,14H,4-12H2,1H3. The van der Waals surface area contributed by atoms with E-state index in [1.54, 1.807) is 10.4 Å². The highest BCUT2D eigenvalue weighted by molar-refractivity contribution is 7.91. The van der Waals surface area contributed by atoms with Gasteiger partial charge in [-0.25, -0.2) is 8.42 Å². The molecule has 0 amide bonds. The number of morpholine rings is 1. The van der Waals surface area contributed by atoms with Crippen molar-refractivity contribution in [1.29, 1.82) is 0 Å². The highest BCUT2D eigenvalue weighted by Crippen LogP contribution is 2.28. The zero-order valence-electron chi connectivity index (χ0n) is 13.0. The minimum atomic E-state index is -3.28. The molecule has 0 aliphatic carbocycles. The highest BCUT2D eigenvalue weighted by atomic mass is 32.2. The Bertz CT molecular complexity index is 586. The van der Waals surface area contributed by atoms with Gasteiger partial charge in [0.2, 0.25) is 0 Å². The summed E-state index contributed by atoms with van der Waals surface area (Å²) in [5, 5.41) is 0. The lowest BCUT2D eigenvalue weighted by Crippen LogP contribution is -2.44. The van der Waals surface area contributed by atoms with Gasteiger partial charge in [-0.05, 0) is 37.8 Å². The van der Waals surface area contributed by atoms with E-state index in [9.17, 15) is 8.42 Å². The van der Waals surface area contributed by atoms with Crippen molar-refractivity contribution in [1.82, 2.24) is 9.21 Å². The minimum Gasteiger partial charge on any atom is -0.379 e. The average Bonchev–Trinajstić information content (AvgIpc) is 2.96. The lowest BCUT2D eigenvalue weighted by Gasteiger charge is -2.35. The van der Waals surface area contributed by atoms with Gasteiger partial charge in [0.25, 0.3) is 10.0 Å². The lowest BCUT2D eigenvalue weighted by molar-refractivity contribution is 0.0269. The number of piperidine rings is 1. The van der Waals surface area contributed by atoms with E-state index < -0.39 is 10.0 Å². The van der Waals surface area contributed by atoms with Crippen molar-refractivity contribution in [3.8, 4) is 0 Å². The molecule has 0 aromatic carbocycles. The topological polar surface area (TPSA) is 49.9 Å². The van der Waals surface area contributed by atoms with Crippen LogP contribution in [0, 0.1) is 12.8 Å². The molecular weight excluding hydrogens is 320 g/mol. The predicted molar refractivity (Wildman–Crippen MR) is 87.8 cm³/mol. The summed E-state index contributed by atoms with van der Waals surface area (Å²) in [6, 6.07) is 3.61. The van der Waals surface area contributed by atoms with Crippen LogP contribution in [0.4, 0.5) is 0 Å². The summed E-state index contributed by atoms with van der Waals surface area (Å²) in [4.78, 5) is 3.49. The molecule has 0 radical (unpaired) electrons. The second-order valence-electron chi connectivity index (χ2n) is 6.13. The molecule has 3 rings (SSSR count). The van der Waals surface area contributed by atoms with E-state index in [1.165, 1.54) is 11.3 Å². The number of rotatable bonds is 4. The van der Waals surface area contributed by atoms with Crippen LogP contribution in [-0.4, -0.2) is 63.6 Å². The number of hydrogen-bond acceptors (Lipinski definition) is 5. The first kappa shape index (κ1) is 16.4. The zero-order chi connectivity index (χ0) is 15.6. The van der Waals surface area contributed by atoms with E-state index in [1.807, 2.05) is 13.0 Å². The normalized spacial score (nSPS) is 23.0. The summed E-state index contributed by atoms with van der Waals surface area (Å²) in [5.41, 5.74) is 0. The van der Waals surface area contributed by atoms with Gasteiger partial charge in [-0.1, -0.05) is 0 Å². The van der Waals surface area contributed by atoms with E-state index in [4.69, 9.17) is 4.74 Å². The molecular formula is C15H24N2O3S2. The molecule has 2 aliphatic rings. The van der Waals surface area contributed by atoms with Gasteiger partial charge in [0, 0.05) is 37.6 Å². The Hall–Kier alpha value is -0.470. The van der Waals surface area contributed by atoms with Gasteiger partial charge in [0.05, 0.1) is 13.2 Å². The lowest BCUT2D eigenvalue weighted by atomic mass is 9.97. The molecule has 1 aromatic heterocycles. The Morgan fingerprint density at radius 1 is 1.18 bits per heavy atom. The number of thiophene rings is 1. The molecule has 124 valence electrons. The molecule has 2 saturated heterocycles. The Morgan fingerprint density at radius 2 is 1.86 bits per heavy atom. The third kappa shape index (κ3) is 3.71. The van der Waals surface area contributed by atoms with E-state index in [2.05, 4.69) is 4.90 Å². The van der Waals surface area contributed by atoms with Gasteiger partial charge in [0.15, 0.2) is 0 Å². The average molecular weight is 345 g/mol. The third-order valence-corrected chi connectivity index (χ3v) is 7.87. The first-order valence-electron chi connectivity index (χ1n) is 7.92. The molecule has 22 heavy (non-hydrogen) atoms. The van der Waals surface area contributed by atoms with Crippen LogP contribution in [0.2, 0.25) is 0 Å². The number of aryl methyl sites for hydroxylation is 1. The summed E-state index contributed by atoms with van der Waals surface area (Å²) < 4.78 is 32.7. The maximum absolute atomic E-state index is 12.6. The van der Waals surface area contributed by atoms with Crippen LogP contribution in [0.3, 0.4) is 0 Å². The van der Waals surface area contributed by atoms with Gasteiger partial charge in [-0.2, -0.15) is 4.31 Å². The SMILES string of the molecule is Cc1ccc(S(=O)(=O)N2CCC(CN3CCOCC3)CC2)s1. The van der Waals surface area contributed by atoms with Crippen LogP contribution < -0.4 is 0 Å². The van der Waals surface area contributed by atoms with Crippen molar-refractivity contribution in [2.45, 2.75) is 24.0 Å². The van der Waals surface area contributed by atoms with E-state index in [-0.39, 0.29) is 0 Å². The fraction of sp³-hybridized carbons (Fsp3) is 0.733.